The molecule has 2 N–H and O–H groups in total. The molecule has 23 heavy (non-hydrogen) atoms. The fourth-order valence-electron chi connectivity index (χ4n) is 2.07. The number of benzene rings is 1. The van der Waals surface area contributed by atoms with Crippen molar-refractivity contribution in [2.24, 2.45) is 4.99 Å². The Kier molecular flexibility index (Phi) is 7.06. The van der Waals surface area contributed by atoms with E-state index in [1.165, 1.54) is 0 Å². The molecule has 6 heteroatoms. The fraction of sp³-hybridized carbons (Fsp3) is 0.588. The van der Waals surface area contributed by atoms with Gasteiger partial charge in [0, 0.05) is 13.1 Å². The third-order valence-electron chi connectivity index (χ3n) is 3.40. The molecule has 0 fully saturated rings. The SMILES string of the molecule is CCNC(=NCCS(=O)(=O)c1ccc(C(C)(C)C)cc1)NCC. The Morgan fingerprint density at radius 2 is 1.57 bits per heavy atom. The van der Waals surface area contributed by atoms with E-state index in [1.807, 2.05) is 26.0 Å². The lowest BCUT2D eigenvalue weighted by Crippen LogP contribution is -2.37. The van der Waals surface area contributed by atoms with Gasteiger partial charge in [0.1, 0.15) is 0 Å². The molecule has 1 aromatic rings. The van der Waals surface area contributed by atoms with Gasteiger partial charge in [-0.25, -0.2) is 8.42 Å². The normalized spacial score (nSPS) is 11.9. The zero-order valence-electron chi connectivity index (χ0n) is 14.8. The first-order valence-electron chi connectivity index (χ1n) is 8.06. The van der Waals surface area contributed by atoms with E-state index in [2.05, 4.69) is 36.4 Å². The van der Waals surface area contributed by atoms with E-state index in [0.717, 1.165) is 18.7 Å². The van der Waals surface area contributed by atoms with Crippen LogP contribution in [-0.4, -0.2) is 39.8 Å². The number of sulfone groups is 1. The summed E-state index contributed by atoms with van der Waals surface area (Å²) < 4.78 is 24.8. The van der Waals surface area contributed by atoms with Crippen molar-refractivity contribution >= 4 is 15.8 Å². The molecule has 0 aromatic heterocycles. The Morgan fingerprint density at radius 3 is 2.00 bits per heavy atom. The lowest BCUT2D eigenvalue weighted by atomic mass is 9.87. The average Bonchev–Trinajstić information content (AvgIpc) is 2.47. The van der Waals surface area contributed by atoms with Gasteiger partial charge in [-0.1, -0.05) is 32.9 Å². The van der Waals surface area contributed by atoms with Crippen molar-refractivity contribution in [1.82, 2.24) is 10.6 Å². The van der Waals surface area contributed by atoms with Crippen molar-refractivity contribution in [2.45, 2.75) is 44.9 Å². The summed E-state index contributed by atoms with van der Waals surface area (Å²) in [5, 5.41) is 6.16. The zero-order valence-corrected chi connectivity index (χ0v) is 15.6. The summed E-state index contributed by atoms with van der Waals surface area (Å²) in [7, 11) is -3.31. The summed E-state index contributed by atoms with van der Waals surface area (Å²) in [6.07, 6.45) is 0. The van der Waals surface area contributed by atoms with Gasteiger partial charge < -0.3 is 10.6 Å². The molecule has 0 aliphatic heterocycles. The van der Waals surface area contributed by atoms with Crippen molar-refractivity contribution < 1.29 is 8.42 Å². The van der Waals surface area contributed by atoms with E-state index in [0.29, 0.717) is 10.9 Å². The van der Waals surface area contributed by atoms with Gasteiger partial charge in [-0.3, -0.25) is 4.99 Å². The van der Waals surface area contributed by atoms with Crippen molar-refractivity contribution in [2.75, 3.05) is 25.4 Å². The van der Waals surface area contributed by atoms with Crippen molar-refractivity contribution in [3.8, 4) is 0 Å². The minimum absolute atomic E-state index is 0.00214. The molecule has 0 radical (unpaired) electrons. The van der Waals surface area contributed by atoms with E-state index < -0.39 is 9.84 Å². The maximum absolute atomic E-state index is 12.4. The summed E-state index contributed by atoms with van der Waals surface area (Å²) in [4.78, 5) is 4.64. The molecule has 130 valence electrons. The van der Waals surface area contributed by atoms with Gasteiger partial charge in [-0.05, 0) is 37.0 Å². The van der Waals surface area contributed by atoms with Crippen LogP contribution in [0.15, 0.2) is 34.2 Å². The van der Waals surface area contributed by atoms with Crippen molar-refractivity contribution in [3.05, 3.63) is 29.8 Å². The second-order valence-electron chi connectivity index (χ2n) is 6.38. The maximum Gasteiger partial charge on any atom is 0.191 e. The molecule has 1 rings (SSSR count). The van der Waals surface area contributed by atoms with Gasteiger partial charge in [0.05, 0.1) is 17.2 Å². The Bertz CT molecular complexity index is 606. The Morgan fingerprint density at radius 1 is 1.04 bits per heavy atom. The van der Waals surface area contributed by atoms with E-state index in [4.69, 9.17) is 0 Å². The lowest BCUT2D eigenvalue weighted by molar-refractivity contribution is 0.586. The van der Waals surface area contributed by atoms with Gasteiger partial charge >= 0.3 is 0 Å². The molecule has 5 nitrogen and oxygen atoms in total. The molecule has 0 saturated heterocycles. The van der Waals surface area contributed by atoms with E-state index >= 15 is 0 Å². The summed E-state index contributed by atoms with van der Waals surface area (Å²) in [6.45, 7) is 12.0. The first-order chi connectivity index (χ1) is 10.7. The highest BCUT2D eigenvalue weighted by Gasteiger charge is 2.17. The number of hydrogen-bond acceptors (Lipinski definition) is 3. The molecule has 0 spiro atoms. The molecule has 0 bridgehead atoms. The first-order valence-corrected chi connectivity index (χ1v) is 9.71. The van der Waals surface area contributed by atoms with Crippen LogP contribution in [0, 0.1) is 0 Å². The van der Waals surface area contributed by atoms with Crippen LogP contribution in [0.1, 0.15) is 40.2 Å². The van der Waals surface area contributed by atoms with Crippen LogP contribution in [0.2, 0.25) is 0 Å². The van der Waals surface area contributed by atoms with E-state index in [1.54, 1.807) is 12.1 Å². The van der Waals surface area contributed by atoms with Crippen LogP contribution in [-0.2, 0) is 15.3 Å². The van der Waals surface area contributed by atoms with Gasteiger partial charge in [0.15, 0.2) is 15.8 Å². The quantitative estimate of drug-likeness (QED) is 0.616. The van der Waals surface area contributed by atoms with Gasteiger partial charge in [0.25, 0.3) is 0 Å². The minimum atomic E-state index is -3.31. The highest BCUT2D eigenvalue weighted by Crippen LogP contribution is 2.23. The summed E-state index contributed by atoms with van der Waals surface area (Å²) in [6, 6.07) is 7.15. The van der Waals surface area contributed by atoms with Gasteiger partial charge in [-0.2, -0.15) is 0 Å². The predicted molar refractivity (Wildman–Crippen MR) is 96.9 cm³/mol. The topological polar surface area (TPSA) is 70.6 Å². The van der Waals surface area contributed by atoms with Gasteiger partial charge in [-0.15, -0.1) is 0 Å². The predicted octanol–water partition coefficient (Wildman–Crippen LogP) is 2.33. The maximum atomic E-state index is 12.4. The number of rotatable bonds is 6. The highest BCUT2D eigenvalue weighted by atomic mass is 32.2. The van der Waals surface area contributed by atoms with Crippen LogP contribution in [0.25, 0.3) is 0 Å². The standard InChI is InChI=1S/C17H29N3O2S/c1-6-18-16(19-7-2)20-12-13-23(21,22)15-10-8-14(9-11-15)17(3,4)5/h8-11H,6-7,12-13H2,1-5H3,(H2,18,19,20). The van der Waals surface area contributed by atoms with Crippen molar-refractivity contribution in [1.29, 1.82) is 0 Å². The average molecular weight is 340 g/mol. The smallest absolute Gasteiger partial charge is 0.191 e. The Balaban J connectivity index is 2.77. The fourth-order valence-corrected chi connectivity index (χ4v) is 3.19. The largest absolute Gasteiger partial charge is 0.357 e. The van der Waals surface area contributed by atoms with Crippen LogP contribution in [0.4, 0.5) is 0 Å². The second-order valence-corrected chi connectivity index (χ2v) is 8.49. The molecule has 0 aliphatic carbocycles. The second kappa shape index (κ2) is 8.34. The first kappa shape index (κ1) is 19.5. The Labute approximate surface area is 140 Å². The van der Waals surface area contributed by atoms with E-state index in [-0.39, 0.29) is 17.7 Å². The third kappa shape index (κ3) is 6.22. The van der Waals surface area contributed by atoms with E-state index in [9.17, 15) is 8.42 Å². The molecule has 0 aliphatic rings. The number of nitrogens with zero attached hydrogens (tertiary/aromatic N) is 1. The minimum Gasteiger partial charge on any atom is -0.357 e. The van der Waals surface area contributed by atoms with Crippen LogP contribution in [0.5, 0.6) is 0 Å². The van der Waals surface area contributed by atoms with Gasteiger partial charge in [0.2, 0.25) is 0 Å². The lowest BCUT2D eigenvalue weighted by Gasteiger charge is -2.19. The number of aliphatic imine (C=N–C) groups is 1. The van der Waals surface area contributed by atoms with Crippen LogP contribution >= 0.6 is 0 Å². The summed E-state index contributed by atoms with van der Waals surface area (Å²) >= 11 is 0. The molecular formula is C17H29N3O2S. The Hall–Kier alpha value is -1.56. The molecule has 0 atom stereocenters. The third-order valence-corrected chi connectivity index (χ3v) is 5.11. The monoisotopic (exact) mass is 339 g/mol. The zero-order chi connectivity index (χ0) is 17.5. The molecule has 0 amide bonds. The highest BCUT2D eigenvalue weighted by molar-refractivity contribution is 7.91. The van der Waals surface area contributed by atoms with Crippen molar-refractivity contribution in [3.63, 3.8) is 0 Å². The number of guanidine groups is 1. The molecule has 0 heterocycles. The molecule has 0 saturated carbocycles. The number of hydrogen-bond donors (Lipinski definition) is 2. The van der Waals surface area contributed by atoms with Crippen LogP contribution < -0.4 is 10.6 Å². The summed E-state index contributed by atoms with van der Waals surface area (Å²) in [5.74, 6) is 0.649. The number of nitrogens with one attached hydrogen (secondary N) is 2. The van der Waals surface area contributed by atoms with Crippen LogP contribution in [0.3, 0.4) is 0 Å². The molecular weight excluding hydrogens is 310 g/mol. The molecule has 1 aromatic carbocycles. The molecule has 0 unspecified atom stereocenters. The summed E-state index contributed by atoms with van der Waals surface area (Å²) in [5.41, 5.74) is 1.13.